The molecule has 0 saturated carbocycles. The van der Waals surface area contributed by atoms with Crippen LogP contribution in [0, 0.1) is 0 Å². The molecule has 0 atom stereocenters. The van der Waals surface area contributed by atoms with E-state index in [2.05, 4.69) is 15.2 Å². The molecular formula is C11H6Cl2N4. The molecule has 17 heavy (non-hydrogen) atoms. The maximum Gasteiger partial charge on any atom is 0.180 e. The fraction of sp³-hybridized carbons (Fsp3) is 0. The molecule has 0 fully saturated rings. The smallest absolute Gasteiger partial charge is 0.180 e. The average molecular weight is 265 g/mol. The van der Waals surface area contributed by atoms with Gasteiger partial charge >= 0.3 is 0 Å². The summed E-state index contributed by atoms with van der Waals surface area (Å²) in [5.41, 5.74) is 1.46. The maximum absolute atomic E-state index is 6.08. The van der Waals surface area contributed by atoms with E-state index in [1.54, 1.807) is 22.9 Å². The van der Waals surface area contributed by atoms with Gasteiger partial charge in [0.1, 0.15) is 5.15 Å². The molecule has 6 heteroatoms. The number of hydrogen-bond acceptors (Lipinski definition) is 3. The number of fused-ring (bicyclic) bond motifs is 1. The molecule has 2 aromatic heterocycles. The molecule has 0 aliphatic carbocycles. The number of hydrogen-bond donors (Lipinski definition) is 0. The summed E-state index contributed by atoms with van der Waals surface area (Å²) in [5, 5.41) is 9.21. The Morgan fingerprint density at radius 3 is 2.76 bits per heavy atom. The van der Waals surface area contributed by atoms with Crippen LogP contribution < -0.4 is 0 Å². The minimum absolute atomic E-state index is 0.461. The summed E-state index contributed by atoms with van der Waals surface area (Å²) in [4.78, 5) is 3.96. The van der Waals surface area contributed by atoms with Crippen molar-refractivity contribution in [2.75, 3.05) is 0 Å². The summed E-state index contributed by atoms with van der Waals surface area (Å²) in [5.74, 6) is 0.648. The van der Waals surface area contributed by atoms with Crippen molar-refractivity contribution in [1.29, 1.82) is 0 Å². The highest BCUT2D eigenvalue weighted by Crippen LogP contribution is 2.23. The van der Waals surface area contributed by atoms with Crippen molar-refractivity contribution in [3.63, 3.8) is 0 Å². The first-order valence-corrected chi connectivity index (χ1v) is 5.62. The van der Waals surface area contributed by atoms with Crippen LogP contribution in [0.3, 0.4) is 0 Å². The zero-order chi connectivity index (χ0) is 11.8. The summed E-state index contributed by atoms with van der Waals surface area (Å²) < 4.78 is 1.72. The van der Waals surface area contributed by atoms with Crippen molar-refractivity contribution < 1.29 is 0 Å². The van der Waals surface area contributed by atoms with Crippen molar-refractivity contribution in [2.45, 2.75) is 0 Å². The second-order valence-electron chi connectivity index (χ2n) is 3.46. The Morgan fingerprint density at radius 1 is 1.06 bits per heavy atom. The molecule has 3 aromatic rings. The van der Waals surface area contributed by atoms with Crippen LogP contribution in [0.5, 0.6) is 0 Å². The predicted octanol–water partition coefficient (Wildman–Crippen LogP) is 3.10. The lowest BCUT2D eigenvalue weighted by Gasteiger charge is -2.01. The Bertz CT molecular complexity index is 693. The lowest BCUT2D eigenvalue weighted by Crippen LogP contribution is -1.92. The van der Waals surface area contributed by atoms with Gasteiger partial charge in [0, 0.05) is 10.6 Å². The first-order valence-electron chi connectivity index (χ1n) is 4.86. The molecule has 0 radical (unpaired) electrons. The molecule has 0 bridgehead atoms. The first-order chi connectivity index (χ1) is 8.25. The summed E-state index contributed by atoms with van der Waals surface area (Å²) in [6, 6.07) is 7.37. The first kappa shape index (κ1) is 10.5. The van der Waals surface area contributed by atoms with E-state index in [4.69, 9.17) is 23.2 Å². The average Bonchev–Trinajstić information content (AvgIpc) is 2.74. The topological polar surface area (TPSA) is 43.1 Å². The predicted molar refractivity (Wildman–Crippen MR) is 66.2 cm³/mol. The number of halogens is 2. The van der Waals surface area contributed by atoms with E-state index in [9.17, 15) is 0 Å². The second kappa shape index (κ2) is 3.98. The standard InChI is InChI=1S/C11H6Cl2N4/c12-8-3-1-2-7(4-8)11-16-15-10-6-14-5-9(13)17(10)11/h1-6H. The molecule has 0 N–H and O–H groups in total. The van der Waals surface area contributed by atoms with Crippen LogP contribution in [-0.2, 0) is 0 Å². The highest BCUT2D eigenvalue weighted by molar-refractivity contribution is 6.31. The SMILES string of the molecule is Clc1cccc(-c2nnc3cncc(Cl)n23)c1. The minimum atomic E-state index is 0.461. The summed E-state index contributed by atoms with van der Waals surface area (Å²) in [6.45, 7) is 0. The van der Waals surface area contributed by atoms with Crippen LogP contribution in [0.2, 0.25) is 10.2 Å². The van der Waals surface area contributed by atoms with Gasteiger partial charge in [0.25, 0.3) is 0 Å². The van der Waals surface area contributed by atoms with Crippen molar-refractivity contribution in [3.05, 3.63) is 46.8 Å². The van der Waals surface area contributed by atoms with Gasteiger partial charge in [-0.25, -0.2) is 0 Å². The maximum atomic E-state index is 6.08. The zero-order valence-corrected chi connectivity index (χ0v) is 10.0. The Hall–Kier alpha value is -1.65. The van der Waals surface area contributed by atoms with Gasteiger partial charge in [-0.3, -0.25) is 9.38 Å². The van der Waals surface area contributed by atoms with Crippen LogP contribution in [-0.4, -0.2) is 19.6 Å². The third-order valence-corrected chi connectivity index (χ3v) is 2.86. The van der Waals surface area contributed by atoms with E-state index in [-0.39, 0.29) is 0 Å². The molecule has 0 spiro atoms. The molecule has 0 aliphatic rings. The Labute approximate surface area is 107 Å². The third kappa shape index (κ3) is 1.75. The molecule has 1 aromatic carbocycles. The highest BCUT2D eigenvalue weighted by atomic mass is 35.5. The molecule has 2 heterocycles. The molecule has 0 saturated heterocycles. The lowest BCUT2D eigenvalue weighted by atomic mass is 10.2. The van der Waals surface area contributed by atoms with Gasteiger partial charge in [-0.2, -0.15) is 0 Å². The number of aromatic nitrogens is 4. The molecule has 0 unspecified atom stereocenters. The molecular weight excluding hydrogens is 259 g/mol. The van der Waals surface area contributed by atoms with Gasteiger partial charge in [-0.15, -0.1) is 10.2 Å². The summed E-state index contributed by atoms with van der Waals surface area (Å²) in [7, 11) is 0. The zero-order valence-electron chi connectivity index (χ0n) is 8.51. The number of rotatable bonds is 1. The fourth-order valence-electron chi connectivity index (χ4n) is 1.63. The van der Waals surface area contributed by atoms with Crippen molar-refractivity contribution >= 4 is 28.8 Å². The molecule has 3 rings (SSSR count). The van der Waals surface area contributed by atoms with Crippen LogP contribution in [0.15, 0.2) is 36.7 Å². The van der Waals surface area contributed by atoms with E-state index in [0.717, 1.165) is 5.56 Å². The van der Waals surface area contributed by atoms with Crippen molar-refractivity contribution in [1.82, 2.24) is 19.6 Å². The van der Waals surface area contributed by atoms with Gasteiger partial charge < -0.3 is 0 Å². The Kier molecular flexibility index (Phi) is 2.46. The molecule has 0 amide bonds. The molecule has 4 nitrogen and oxygen atoms in total. The van der Waals surface area contributed by atoms with E-state index < -0.39 is 0 Å². The van der Waals surface area contributed by atoms with E-state index >= 15 is 0 Å². The quantitative estimate of drug-likeness (QED) is 0.679. The third-order valence-electron chi connectivity index (χ3n) is 2.36. The monoisotopic (exact) mass is 264 g/mol. The summed E-state index contributed by atoms with van der Waals surface area (Å²) in [6.07, 6.45) is 3.15. The summed E-state index contributed by atoms with van der Waals surface area (Å²) >= 11 is 12.0. The fourth-order valence-corrected chi connectivity index (χ4v) is 2.04. The van der Waals surface area contributed by atoms with Gasteiger partial charge in [-0.05, 0) is 12.1 Å². The number of benzene rings is 1. The molecule has 0 aliphatic heterocycles. The molecule has 84 valence electrons. The van der Waals surface area contributed by atoms with Gasteiger partial charge in [0.05, 0.1) is 12.4 Å². The van der Waals surface area contributed by atoms with E-state index in [1.165, 1.54) is 0 Å². The largest absolute Gasteiger partial charge is 0.262 e. The van der Waals surface area contributed by atoms with Crippen molar-refractivity contribution in [3.8, 4) is 11.4 Å². The highest BCUT2D eigenvalue weighted by Gasteiger charge is 2.10. The van der Waals surface area contributed by atoms with Crippen LogP contribution >= 0.6 is 23.2 Å². The van der Waals surface area contributed by atoms with Gasteiger partial charge in [0.15, 0.2) is 11.5 Å². The minimum Gasteiger partial charge on any atom is -0.262 e. The lowest BCUT2D eigenvalue weighted by molar-refractivity contribution is 1.11. The van der Waals surface area contributed by atoms with Gasteiger partial charge in [-0.1, -0.05) is 35.3 Å². The van der Waals surface area contributed by atoms with Crippen LogP contribution in [0.1, 0.15) is 0 Å². The van der Waals surface area contributed by atoms with Gasteiger partial charge in [0.2, 0.25) is 0 Å². The Balaban J connectivity index is 2.31. The van der Waals surface area contributed by atoms with Crippen molar-refractivity contribution in [2.24, 2.45) is 0 Å². The number of nitrogens with zero attached hydrogens (tertiary/aromatic N) is 4. The normalized spacial score (nSPS) is 10.9. The Morgan fingerprint density at radius 2 is 1.94 bits per heavy atom. The van der Waals surface area contributed by atoms with Crippen LogP contribution in [0.4, 0.5) is 0 Å². The van der Waals surface area contributed by atoms with Crippen LogP contribution in [0.25, 0.3) is 17.0 Å². The van der Waals surface area contributed by atoms with E-state index in [1.807, 2.05) is 18.2 Å². The van der Waals surface area contributed by atoms with E-state index in [0.29, 0.717) is 21.6 Å². The second-order valence-corrected chi connectivity index (χ2v) is 4.28.